The molecule has 2 amide bonds. The molecule has 0 unspecified atom stereocenters. The summed E-state index contributed by atoms with van der Waals surface area (Å²) in [6, 6.07) is 12.9. The van der Waals surface area contributed by atoms with Gasteiger partial charge in [-0.15, -0.1) is 0 Å². The minimum Gasteiger partial charge on any atom is -0.355 e. The Morgan fingerprint density at radius 3 is 2.35 bits per heavy atom. The third-order valence-electron chi connectivity index (χ3n) is 5.90. The van der Waals surface area contributed by atoms with Crippen LogP contribution in [0.25, 0.3) is 0 Å². The zero-order valence-electron chi connectivity index (χ0n) is 17.6. The van der Waals surface area contributed by atoms with Crippen molar-refractivity contribution in [2.75, 3.05) is 24.5 Å². The van der Waals surface area contributed by atoms with E-state index in [4.69, 9.17) is 0 Å². The van der Waals surface area contributed by atoms with Crippen LogP contribution in [0.4, 0.5) is 5.69 Å². The molecule has 0 aromatic heterocycles. The second kappa shape index (κ2) is 8.80. The summed E-state index contributed by atoms with van der Waals surface area (Å²) in [5.74, 6) is -0.514. The highest BCUT2D eigenvalue weighted by Crippen LogP contribution is 2.33. The van der Waals surface area contributed by atoms with E-state index in [0.717, 1.165) is 24.8 Å². The minimum atomic E-state index is -3.56. The molecule has 0 aliphatic carbocycles. The van der Waals surface area contributed by atoms with Crippen molar-refractivity contribution in [2.45, 2.75) is 43.5 Å². The Hall–Kier alpha value is -2.71. The molecule has 0 bridgehead atoms. The summed E-state index contributed by atoms with van der Waals surface area (Å²) in [4.78, 5) is 27.7. The number of fused-ring (bicyclic) bond motifs is 1. The zero-order chi connectivity index (χ0) is 22.0. The molecule has 1 atom stereocenters. The summed E-state index contributed by atoms with van der Waals surface area (Å²) in [6.07, 6.45) is 3.23. The number of nitrogens with one attached hydrogen (secondary N) is 1. The predicted octanol–water partition coefficient (Wildman–Crippen LogP) is 2.57. The lowest BCUT2D eigenvalue weighted by atomic mass is 10.1. The van der Waals surface area contributed by atoms with Crippen LogP contribution in [0.15, 0.2) is 53.4 Å². The van der Waals surface area contributed by atoms with E-state index >= 15 is 0 Å². The maximum Gasteiger partial charge on any atom is 0.259 e. The molecule has 164 valence electrons. The van der Waals surface area contributed by atoms with Crippen molar-refractivity contribution in [3.63, 3.8) is 0 Å². The summed E-state index contributed by atoms with van der Waals surface area (Å²) >= 11 is 0. The molecule has 2 heterocycles. The predicted molar refractivity (Wildman–Crippen MR) is 118 cm³/mol. The molecule has 1 saturated heterocycles. The van der Waals surface area contributed by atoms with Gasteiger partial charge in [-0.3, -0.25) is 14.5 Å². The first-order valence-electron chi connectivity index (χ1n) is 10.7. The monoisotopic (exact) mass is 441 g/mol. The van der Waals surface area contributed by atoms with Crippen molar-refractivity contribution in [3.8, 4) is 0 Å². The van der Waals surface area contributed by atoms with E-state index in [9.17, 15) is 18.0 Å². The van der Waals surface area contributed by atoms with Crippen LogP contribution in [0.3, 0.4) is 0 Å². The summed E-state index contributed by atoms with van der Waals surface area (Å²) in [6.45, 7) is 3.38. The van der Waals surface area contributed by atoms with Crippen LogP contribution >= 0.6 is 0 Å². The molecular weight excluding hydrogens is 414 g/mol. The largest absolute Gasteiger partial charge is 0.355 e. The van der Waals surface area contributed by atoms with E-state index < -0.39 is 16.1 Å². The van der Waals surface area contributed by atoms with Crippen LogP contribution in [0.1, 0.15) is 42.1 Å². The number of carbonyl (C=O) groups excluding carboxylic acids is 2. The normalized spacial score (nSPS) is 19.1. The fourth-order valence-corrected chi connectivity index (χ4v) is 5.82. The highest BCUT2D eigenvalue weighted by Gasteiger charge is 2.38. The lowest BCUT2D eigenvalue weighted by Gasteiger charge is -2.26. The number of hydrogen-bond donors (Lipinski definition) is 1. The molecular formula is C23H27N3O4S. The second-order valence-electron chi connectivity index (χ2n) is 7.91. The summed E-state index contributed by atoms with van der Waals surface area (Å²) in [5.41, 5.74) is 2.01. The quantitative estimate of drug-likeness (QED) is 0.773. The van der Waals surface area contributed by atoms with Gasteiger partial charge in [0.25, 0.3) is 5.91 Å². The van der Waals surface area contributed by atoms with Crippen LogP contribution in [0, 0.1) is 0 Å². The van der Waals surface area contributed by atoms with Crippen LogP contribution in [-0.2, 0) is 21.2 Å². The van der Waals surface area contributed by atoms with Gasteiger partial charge in [-0.1, -0.05) is 24.6 Å². The molecule has 0 spiro atoms. The average Bonchev–Trinajstić information content (AvgIpc) is 3.19. The van der Waals surface area contributed by atoms with Crippen molar-refractivity contribution in [1.29, 1.82) is 0 Å². The van der Waals surface area contributed by atoms with Crippen molar-refractivity contribution >= 4 is 27.5 Å². The SMILES string of the molecule is CCNC(=O)[C@H]1Cc2ccccc2N1C(=O)c1ccc(S(=O)(=O)N2CCCCC2)cc1. The molecule has 2 aromatic carbocycles. The summed E-state index contributed by atoms with van der Waals surface area (Å²) in [5, 5.41) is 2.81. The van der Waals surface area contributed by atoms with Gasteiger partial charge in [0.05, 0.1) is 4.90 Å². The highest BCUT2D eigenvalue weighted by molar-refractivity contribution is 7.89. The van der Waals surface area contributed by atoms with Gasteiger partial charge >= 0.3 is 0 Å². The number of benzene rings is 2. The maximum atomic E-state index is 13.4. The number of sulfonamides is 1. The number of anilines is 1. The van der Waals surface area contributed by atoms with Crippen molar-refractivity contribution < 1.29 is 18.0 Å². The molecule has 2 aliphatic heterocycles. The Morgan fingerprint density at radius 1 is 1.00 bits per heavy atom. The number of amides is 2. The first-order valence-corrected chi connectivity index (χ1v) is 12.2. The number of nitrogens with zero attached hydrogens (tertiary/aromatic N) is 2. The number of rotatable bonds is 5. The molecule has 1 N–H and O–H groups in total. The Kier molecular flexibility index (Phi) is 6.11. The number of carbonyl (C=O) groups is 2. The Morgan fingerprint density at radius 2 is 1.68 bits per heavy atom. The third-order valence-corrected chi connectivity index (χ3v) is 7.82. The van der Waals surface area contributed by atoms with Crippen LogP contribution in [-0.4, -0.2) is 50.2 Å². The van der Waals surface area contributed by atoms with E-state index in [1.54, 1.807) is 0 Å². The molecule has 0 saturated carbocycles. The molecule has 2 aliphatic rings. The van der Waals surface area contributed by atoms with Crippen molar-refractivity contribution in [2.24, 2.45) is 0 Å². The molecule has 2 aromatic rings. The van der Waals surface area contributed by atoms with Gasteiger partial charge in [0.1, 0.15) is 6.04 Å². The number of piperidine rings is 1. The van der Waals surface area contributed by atoms with Gasteiger partial charge in [-0.2, -0.15) is 4.31 Å². The fourth-order valence-electron chi connectivity index (χ4n) is 4.30. The minimum absolute atomic E-state index is 0.188. The summed E-state index contributed by atoms with van der Waals surface area (Å²) in [7, 11) is -3.56. The van der Waals surface area contributed by atoms with Gasteiger partial charge in [-0.05, 0) is 55.7 Å². The van der Waals surface area contributed by atoms with Gasteiger partial charge in [-0.25, -0.2) is 8.42 Å². The van der Waals surface area contributed by atoms with Crippen molar-refractivity contribution in [3.05, 3.63) is 59.7 Å². The van der Waals surface area contributed by atoms with Crippen LogP contribution in [0.5, 0.6) is 0 Å². The van der Waals surface area contributed by atoms with Gasteiger partial charge in [0.15, 0.2) is 0 Å². The number of para-hydroxylation sites is 1. The van der Waals surface area contributed by atoms with Gasteiger partial charge in [0.2, 0.25) is 15.9 Å². The Labute approximate surface area is 183 Å². The maximum absolute atomic E-state index is 13.4. The van der Waals surface area contributed by atoms with E-state index in [0.29, 0.717) is 37.3 Å². The summed E-state index contributed by atoms with van der Waals surface area (Å²) < 4.78 is 27.3. The number of hydrogen-bond acceptors (Lipinski definition) is 4. The third kappa shape index (κ3) is 4.09. The fraction of sp³-hybridized carbons (Fsp3) is 0.391. The smallest absolute Gasteiger partial charge is 0.259 e. The Bertz CT molecular complexity index is 1080. The molecule has 7 nitrogen and oxygen atoms in total. The Balaban J connectivity index is 1.61. The van der Waals surface area contributed by atoms with E-state index in [2.05, 4.69) is 5.32 Å². The molecule has 1 fully saturated rings. The first-order chi connectivity index (χ1) is 14.9. The molecule has 8 heteroatoms. The van der Waals surface area contributed by atoms with Crippen LogP contribution in [0.2, 0.25) is 0 Å². The van der Waals surface area contributed by atoms with Gasteiger partial charge in [0, 0.05) is 37.3 Å². The number of likely N-dealkylation sites (N-methyl/N-ethyl adjacent to an activating group) is 1. The van der Waals surface area contributed by atoms with E-state index in [1.165, 1.54) is 33.5 Å². The lowest BCUT2D eigenvalue weighted by Crippen LogP contribution is -2.48. The average molecular weight is 442 g/mol. The van der Waals surface area contributed by atoms with E-state index in [1.807, 2.05) is 31.2 Å². The second-order valence-corrected chi connectivity index (χ2v) is 9.85. The first kappa shape index (κ1) is 21.5. The van der Waals surface area contributed by atoms with E-state index in [-0.39, 0.29) is 16.7 Å². The standard InChI is InChI=1S/C23H27N3O4S/c1-2-24-22(27)21-16-18-8-4-5-9-20(18)26(21)23(28)17-10-12-19(13-11-17)31(29,30)25-14-6-3-7-15-25/h4-5,8-13,21H,2-3,6-7,14-16H2,1H3,(H,24,27)/t21-/m1/s1. The molecule has 4 rings (SSSR count). The topological polar surface area (TPSA) is 86.8 Å². The van der Waals surface area contributed by atoms with Crippen LogP contribution < -0.4 is 10.2 Å². The van der Waals surface area contributed by atoms with Crippen molar-refractivity contribution in [1.82, 2.24) is 9.62 Å². The van der Waals surface area contributed by atoms with Gasteiger partial charge < -0.3 is 5.32 Å². The molecule has 0 radical (unpaired) electrons. The zero-order valence-corrected chi connectivity index (χ0v) is 18.4. The highest BCUT2D eigenvalue weighted by atomic mass is 32.2. The lowest BCUT2D eigenvalue weighted by molar-refractivity contribution is -0.122. The molecule has 31 heavy (non-hydrogen) atoms.